The quantitative estimate of drug-likeness (QED) is 0.591. The second-order valence-corrected chi connectivity index (χ2v) is 5.67. The maximum absolute atomic E-state index is 5.30. The fraction of sp³-hybridized carbons (Fsp3) is 1.00. The summed E-state index contributed by atoms with van der Waals surface area (Å²) in [7, 11) is 3.86. The molecule has 0 radical (unpaired) electrons. The van der Waals surface area contributed by atoms with Gasteiger partial charge >= 0.3 is 0 Å². The number of nitrogens with one attached hydrogen (secondary N) is 1. The Morgan fingerprint density at radius 1 is 1.11 bits per heavy atom. The van der Waals surface area contributed by atoms with Crippen molar-refractivity contribution in [3.05, 3.63) is 0 Å². The van der Waals surface area contributed by atoms with Crippen LogP contribution in [0.3, 0.4) is 0 Å². The summed E-state index contributed by atoms with van der Waals surface area (Å²) in [6, 6.07) is 0.685. The van der Waals surface area contributed by atoms with Crippen LogP contribution in [0.15, 0.2) is 0 Å². The highest BCUT2D eigenvalue weighted by Gasteiger charge is 2.30. The van der Waals surface area contributed by atoms with E-state index in [0.717, 1.165) is 19.7 Å². The summed E-state index contributed by atoms with van der Waals surface area (Å²) in [5, 5.41) is 3.39. The molecule has 0 atom stereocenters. The Balaban J connectivity index is 4.81. The van der Waals surface area contributed by atoms with Crippen LogP contribution in [-0.4, -0.2) is 51.3 Å². The molecule has 0 aromatic rings. The maximum atomic E-state index is 5.30. The van der Waals surface area contributed by atoms with Gasteiger partial charge in [-0.3, -0.25) is 4.90 Å². The third-order valence-electron chi connectivity index (χ3n) is 4.63. The van der Waals surface area contributed by atoms with Gasteiger partial charge in [0.25, 0.3) is 0 Å². The minimum atomic E-state index is 0.394. The SMILES string of the molecule is CCC(CC)N(CCOC)CC(CC)(CC)CNC. The van der Waals surface area contributed by atoms with Crippen LogP contribution in [0.1, 0.15) is 53.4 Å². The molecule has 0 bridgehead atoms. The van der Waals surface area contributed by atoms with Crippen LogP contribution in [0, 0.1) is 5.41 Å². The van der Waals surface area contributed by atoms with Crippen LogP contribution in [0.25, 0.3) is 0 Å². The highest BCUT2D eigenvalue weighted by molar-refractivity contribution is 4.84. The van der Waals surface area contributed by atoms with Gasteiger partial charge in [0, 0.05) is 32.8 Å². The first kappa shape index (κ1) is 18.9. The van der Waals surface area contributed by atoms with E-state index in [-0.39, 0.29) is 0 Å². The molecule has 116 valence electrons. The van der Waals surface area contributed by atoms with Gasteiger partial charge in [-0.1, -0.05) is 27.7 Å². The zero-order valence-corrected chi connectivity index (χ0v) is 14.1. The Morgan fingerprint density at radius 2 is 1.68 bits per heavy atom. The molecule has 0 heterocycles. The molecule has 0 aliphatic rings. The van der Waals surface area contributed by atoms with Gasteiger partial charge in [-0.2, -0.15) is 0 Å². The molecular formula is C16H36N2O. The minimum Gasteiger partial charge on any atom is -0.383 e. The van der Waals surface area contributed by atoms with E-state index >= 15 is 0 Å². The van der Waals surface area contributed by atoms with Crippen LogP contribution in [0.4, 0.5) is 0 Å². The molecule has 0 saturated carbocycles. The lowest BCUT2D eigenvalue weighted by atomic mass is 9.81. The molecule has 0 amide bonds. The Morgan fingerprint density at radius 3 is 2.05 bits per heavy atom. The molecule has 0 unspecified atom stereocenters. The Kier molecular flexibility index (Phi) is 10.6. The summed E-state index contributed by atoms with van der Waals surface area (Å²) in [5.41, 5.74) is 0.394. The molecule has 19 heavy (non-hydrogen) atoms. The predicted molar refractivity (Wildman–Crippen MR) is 84.8 cm³/mol. The summed E-state index contributed by atoms with van der Waals surface area (Å²) in [6.07, 6.45) is 4.91. The maximum Gasteiger partial charge on any atom is 0.0589 e. The van der Waals surface area contributed by atoms with Crippen molar-refractivity contribution >= 4 is 0 Å². The van der Waals surface area contributed by atoms with Gasteiger partial charge < -0.3 is 10.1 Å². The number of hydrogen-bond acceptors (Lipinski definition) is 3. The summed E-state index contributed by atoms with van der Waals surface area (Å²) in [6.45, 7) is 13.4. The largest absolute Gasteiger partial charge is 0.383 e. The monoisotopic (exact) mass is 272 g/mol. The molecule has 0 aliphatic carbocycles. The third-order valence-corrected chi connectivity index (χ3v) is 4.63. The number of nitrogens with zero attached hydrogens (tertiary/aromatic N) is 1. The number of hydrogen-bond donors (Lipinski definition) is 1. The molecular weight excluding hydrogens is 236 g/mol. The lowest BCUT2D eigenvalue weighted by Gasteiger charge is -2.40. The van der Waals surface area contributed by atoms with Crippen LogP contribution >= 0.6 is 0 Å². The van der Waals surface area contributed by atoms with E-state index in [1.54, 1.807) is 7.11 Å². The van der Waals surface area contributed by atoms with Crippen LogP contribution in [0.5, 0.6) is 0 Å². The summed E-state index contributed by atoms with van der Waals surface area (Å²) >= 11 is 0. The van der Waals surface area contributed by atoms with Crippen LogP contribution < -0.4 is 5.32 Å². The standard InChI is InChI=1S/C16H36N2O/c1-7-15(8-2)18(11-12-19-6)14-16(9-3,10-4)13-17-5/h15,17H,7-14H2,1-6H3. The van der Waals surface area contributed by atoms with E-state index in [4.69, 9.17) is 4.74 Å². The predicted octanol–water partition coefficient (Wildman–Crippen LogP) is 3.15. The van der Waals surface area contributed by atoms with Crippen LogP contribution in [0.2, 0.25) is 0 Å². The molecule has 3 nitrogen and oxygen atoms in total. The van der Waals surface area contributed by atoms with Gasteiger partial charge in [0.1, 0.15) is 0 Å². The zero-order chi connectivity index (χ0) is 14.7. The van der Waals surface area contributed by atoms with Crippen molar-refractivity contribution in [1.29, 1.82) is 0 Å². The van der Waals surface area contributed by atoms with E-state index in [1.165, 1.54) is 32.2 Å². The number of rotatable bonds is 12. The smallest absolute Gasteiger partial charge is 0.0589 e. The average molecular weight is 272 g/mol. The van der Waals surface area contributed by atoms with Crippen molar-refractivity contribution < 1.29 is 4.74 Å². The van der Waals surface area contributed by atoms with Crippen LogP contribution in [-0.2, 0) is 4.74 Å². The van der Waals surface area contributed by atoms with Gasteiger partial charge in [0.15, 0.2) is 0 Å². The molecule has 0 aromatic carbocycles. The van der Waals surface area contributed by atoms with Crippen molar-refractivity contribution in [2.24, 2.45) is 5.41 Å². The van der Waals surface area contributed by atoms with Crippen molar-refractivity contribution in [2.45, 2.75) is 59.4 Å². The highest BCUT2D eigenvalue weighted by Crippen LogP contribution is 2.28. The molecule has 0 saturated heterocycles. The van der Waals surface area contributed by atoms with E-state index in [0.29, 0.717) is 11.5 Å². The summed E-state index contributed by atoms with van der Waals surface area (Å²) in [5.74, 6) is 0. The second kappa shape index (κ2) is 10.6. The summed E-state index contributed by atoms with van der Waals surface area (Å²) in [4.78, 5) is 2.65. The molecule has 0 rings (SSSR count). The van der Waals surface area contributed by atoms with Gasteiger partial charge in [-0.15, -0.1) is 0 Å². The van der Waals surface area contributed by atoms with Gasteiger partial charge in [-0.25, -0.2) is 0 Å². The average Bonchev–Trinajstić information content (AvgIpc) is 2.44. The van der Waals surface area contributed by atoms with Gasteiger partial charge in [-0.05, 0) is 38.1 Å². The molecule has 1 N–H and O–H groups in total. The molecule has 0 fully saturated rings. The van der Waals surface area contributed by atoms with Gasteiger partial charge in [0.05, 0.1) is 6.61 Å². The van der Waals surface area contributed by atoms with Crippen molar-refractivity contribution in [3.8, 4) is 0 Å². The normalized spacial score (nSPS) is 12.6. The van der Waals surface area contributed by atoms with Gasteiger partial charge in [0.2, 0.25) is 0 Å². The highest BCUT2D eigenvalue weighted by atomic mass is 16.5. The lowest BCUT2D eigenvalue weighted by molar-refractivity contribution is 0.0655. The van der Waals surface area contributed by atoms with E-state index in [9.17, 15) is 0 Å². The fourth-order valence-corrected chi connectivity index (χ4v) is 2.99. The van der Waals surface area contributed by atoms with Crippen molar-refractivity contribution in [1.82, 2.24) is 10.2 Å². The number of ether oxygens (including phenoxy) is 1. The molecule has 0 aliphatic heterocycles. The fourth-order valence-electron chi connectivity index (χ4n) is 2.99. The lowest BCUT2D eigenvalue weighted by Crippen LogP contribution is -2.47. The first-order valence-electron chi connectivity index (χ1n) is 8.00. The van der Waals surface area contributed by atoms with E-state index < -0.39 is 0 Å². The Labute approximate surface area is 121 Å². The topological polar surface area (TPSA) is 24.5 Å². The van der Waals surface area contributed by atoms with Crippen molar-refractivity contribution in [3.63, 3.8) is 0 Å². The van der Waals surface area contributed by atoms with Crippen molar-refractivity contribution in [2.75, 3.05) is 40.4 Å². The first-order chi connectivity index (χ1) is 9.12. The Hall–Kier alpha value is -0.120. The van der Waals surface area contributed by atoms with E-state index in [1.807, 2.05) is 0 Å². The molecule has 0 aromatic heterocycles. The minimum absolute atomic E-state index is 0.394. The van der Waals surface area contributed by atoms with E-state index in [2.05, 4.69) is 45.0 Å². The number of methoxy groups -OCH3 is 1. The first-order valence-corrected chi connectivity index (χ1v) is 8.00. The summed E-state index contributed by atoms with van der Waals surface area (Å²) < 4.78 is 5.30. The third kappa shape index (κ3) is 6.24. The Bertz CT molecular complexity index is 201. The molecule has 0 spiro atoms. The zero-order valence-electron chi connectivity index (χ0n) is 14.1. The second-order valence-electron chi connectivity index (χ2n) is 5.67. The molecule has 3 heteroatoms.